The van der Waals surface area contributed by atoms with Crippen LogP contribution >= 0.6 is 23.5 Å². The van der Waals surface area contributed by atoms with E-state index in [0.717, 1.165) is 19.3 Å². The lowest BCUT2D eigenvalue weighted by molar-refractivity contribution is -0.646. The van der Waals surface area contributed by atoms with E-state index in [1.807, 2.05) is 0 Å². The largest absolute Gasteiger partial charge is 0.490 e. The molecule has 59 heavy (non-hydrogen) atoms. The van der Waals surface area contributed by atoms with Crippen molar-refractivity contribution in [3.8, 4) is 0 Å². The first kappa shape index (κ1) is 42.4. The summed E-state index contributed by atoms with van der Waals surface area (Å²) in [4.78, 5) is 73.5. The van der Waals surface area contributed by atoms with Crippen LogP contribution in [-0.4, -0.2) is 117 Å². The molecular formula is C29H41N9O18P3+. The highest BCUT2D eigenvalue weighted by Gasteiger charge is 2.61. The van der Waals surface area contributed by atoms with Crippen LogP contribution in [-0.2, 0) is 62.1 Å². The number of methoxy groups -OCH3 is 1. The number of nitrogen functional groups attached to an aromatic ring is 1. The van der Waals surface area contributed by atoms with E-state index in [4.69, 9.17) is 38.5 Å². The summed E-state index contributed by atoms with van der Waals surface area (Å²) in [6.45, 7) is -0.170. The van der Waals surface area contributed by atoms with E-state index in [1.165, 1.54) is 40.4 Å². The van der Waals surface area contributed by atoms with Gasteiger partial charge in [0.25, 0.3) is 16.7 Å². The molecule has 0 bridgehead atoms. The summed E-state index contributed by atoms with van der Waals surface area (Å²) in [6.07, 6.45) is -2.93. The summed E-state index contributed by atoms with van der Waals surface area (Å²) in [6, 6.07) is 0. The van der Waals surface area contributed by atoms with Crippen molar-refractivity contribution in [3.05, 3.63) is 39.2 Å². The SMILES string of the molecule is CO[C@@H]1C(O)[C@H](n2cnc3c(=O)[nH]c(C)nc32)O[C@@H]1COP(=O)(O)OP(=O)(O)OP(=O)(O)OC[C@H]1O[C@@H](n2c[n+](C)c3c(=O)[nH]c(N)nc32)C2OC3(CCCCC3)O[C@H]21. The number of aromatic nitrogens is 8. The molecule has 4 aromatic rings. The molecular weight excluding hydrogens is 855 g/mol. The highest BCUT2D eigenvalue weighted by molar-refractivity contribution is 7.66. The van der Waals surface area contributed by atoms with E-state index >= 15 is 0 Å². The minimum Gasteiger partial charge on any atom is -0.386 e. The number of H-pyrrole nitrogens is 2. The second-order valence-electron chi connectivity index (χ2n) is 14.4. The van der Waals surface area contributed by atoms with Crippen LogP contribution in [0.15, 0.2) is 22.2 Å². The fourth-order valence-corrected chi connectivity index (χ4v) is 11.4. The van der Waals surface area contributed by atoms with Gasteiger partial charge >= 0.3 is 29.0 Å². The van der Waals surface area contributed by atoms with Crippen LogP contribution in [0.25, 0.3) is 22.3 Å². The molecule has 0 aromatic carbocycles. The van der Waals surface area contributed by atoms with Gasteiger partial charge in [0.1, 0.15) is 36.3 Å². The van der Waals surface area contributed by atoms with Crippen LogP contribution in [0.2, 0.25) is 0 Å². The highest BCUT2D eigenvalue weighted by Crippen LogP contribution is 2.68. The Morgan fingerprint density at radius 1 is 0.898 bits per heavy atom. The van der Waals surface area contributed by atoms with Crippen molar-refractivity contribution in [1.82, 2.24) is 34.1 Å². The smallest absolute Gasteiger partial charge is 0.386 e. The monoisotopic (exact) mass is 896 g/mol. The molecule has 11 atom stereocenters. The van der Waals surface area contributed by atoms with E-state index < -0.39 is 103 Å². The number of nitrogens with one attached hydrogen (secondary N) is 2. The summed E-state index contributed by atoms with van der Waals surface area (Å²) < 4.78 is 91.5. The van der Waals surface area contributed by atoms with Gasteiger partial charge in [-0.05, 0) is 19.8 Å². The maximum absolute atomic E-state index is 13.0. The third-order valence-electron chi connectivity index (χ3n) is 10.3. The molecule has 1 spiro atoms. The number of hydrogen-bond donors (Lipinski definition) is 7. The first-order chi connectivity index (χ1) is 27.8. The lowest BCUT2D eigenvalue weighted by atomic mass is 9.94. The number of imidazole rings is 2. The van der Waals surface area contributed by atoms with Gasteiger partial charge in [-0.25, -0.2) is 28.2 Å². The molecule has 4 fully saturated rings. The van der Waals surface area contributed by atoms with Crippen molar-refractivity contribution >= 4 is 51.7 Å². The number of anilines is 1. The van der Waals surface area contributed by atoms with Crippen molar-refractivity contribution in [1.29, 1.82) is 0 Å². The zero-order valence-corrected chi connectivity index (χ0v) is 34.0. The zero-order valence-electron chi connectivity index (χ0n) is 31.3. The topological polar surface area (TPSA) is 359 Å². The fourth-order valence-electron chi connectivity index (χ4n) is 7.89. The molecule has 1 aliphatic carbocycles. The van der Waals surface area contributed by atoms with Crippen molar-refractivity contribution < 1.29 is 79.4 Å². The molecule has 27 nitrogen and oxygen atoms in total. The van der Waals surface area contributed by atoms with Gasteiger partial charge < -0.3 is 54.2 Å². The zero-order chi connectivity index (χ0) is 42.2. The van der Waals surface area contributed by atoms with E-state index in [-0.39, 0.29) is 34.1 Å². The van der Waals surface area contributed by atoms with Crippen LogP contribution in [0.1, 0.15) is 50.4 Å². The summed E-state index contributed by atoms with van der Waals surface area (Å²) in [5.74, 6) is -0.928. The average molecular weight is 897 g/mol. The van der Waals surface area contributed by atoms with Gasteiger partial charge in [0.2, 0.25) is 18.5 Å². The molecule has 7 heterocycles. The summed E-state index contributed by atoms with van der Waals surface area (Å²) in [5, 5.41) is 11.0. The first-order valence-corrected chi connectivity index (χ1v) is 22.5. The minimum absolute atomic E-state index is 0.0534. The Bertz CT molecular complexity index is 2520. The van der Waals surface area contributed by atoms with Crippen molar-refractivity contribution in [2.45, 2.75) is 93.9 Å². The molecule has 3 saturated heterocycles. The Kier molecular flexibility index (Phi) is 11.2. The Morgan fingerprint density at radius 2 is 1.54 bits per heavy atom. The molecule has 8 N–H and O–H groups in total. The van der Waals surface area contributed by atoms with Crippen LogP contribution in [0.5, 0.6) is 0 Å². The summed E-state index contributed by atoms with van der Waals surface area (Å²) in [7, 11) is -14.3. The molecule has 5 unspecified atom stereocenters. The highest BCUT2D eigenvalue weighted by atomic mass is 31.3. The number of aliphatic hydroxyl groups is 1. The van der Waals surface area contributed by atoms with E-state index in [9.17, 15) is 43.1 Å². The Morgan fingerprint density at radius 3 is 2.22 bits per heavy atom. The number of aliphatic hydroxyl groups excluding tert-OH is 1. The quantitative estimate of drug-likeness (QED) is 0.0660. The van der Waals surface area contributed by atoms with Crippen LogP contribution in [0.4, 0.5) is 5.95 Å². The van der Waals surface area contributed by atoms with Gasteiger partial charge in [-0.2, -0.15) is 18.2 Å². The lowest BCUT2D eigenvalue weighted by Crippen LogP contribution is -2.37. The van der Waals surface area contributed by atoms with Crippen LogP contribution < -0.4 is 21.4 Å². The van der Waals surface area contributed by atoms with Gasteiger partial charge in [-0.1, -0.05) is 6.42 Å². The van der Waals surface area contributed by atoms with Gasteiger partial charge in [0, 0.05) is 20.0 Å². The maximum atomic E-state index is 13.0. The molecule has 0 radical (unpaired) electrons. The number of phosphoric acid groups is 3. The molecule has 4 aromatic heterocycles. The number of aryl methyl sites for hydroxylation is 2. The van der Waals surface area contributed by atoms with Crippen molar-refractivity contribution in [3.63, 3.8) is 0 Å². The Hall–Kier alpha value is -3.33. The van der Waals surface area contributed by atoms with Gasteiger partial charge in [-0.15, -0.1) is 0 Å². The van der Waals surface area contributed by atoms with Crippen LogP contribution in [0, 0.1) is 6.92 Å². The summed E-state index contributed by atoms with van der Waals surface area (Å²) in [5.41, 5.74) is 5.06. The van der Waals surface area contributed by atoms with E-state index in [2.05, 4.69) is 33.5 Å². The normalized spacial score (nSPS) is 31.1. The predicted octanol–water partition coefficient (Wildman–Crippen LogP) is -0.444. The second kappa shape index (κ2) is 15.5. The number of rotatable bonds is 13. The second-order valence-corrected chi connectivity index (χ2v) is 19.0. The fraction of sp³-hybridized carbons (Fsp3) is 0.655. The van der Waals surface area contributed by atoms with Gasteiger partial charge in [0.15, 0.2) is 29.3 Å². The van der Waals surface area contributed by atoms with Gasteiger partial charge in [-0.3, -0.25) is 28.2 Å². The van der Waals surface area contributed by atoms with Crippen LogP contribution in [0.3, 0.4) is 0 Å². The first-order valence-electron chi connectivity index (χ1n) is 18.1. The number of nitrogens with zero attached hydrogens (tertiary/aromatic N) is 6. The van der Waals surface area contributed by atoms with Gasteiger partial charge in [0.05, 0.1) is 26.6 Å². The van der Waals surface area contributed by atoms with Crippen molar-refractivity contribution in [2.24, 2.45) is 7.05 Å². The molecule has 1 saturated carbocycles. The molecule has 3 aliphatic heterocycles. The van der Waals surface area contributed by atoms with Crippen molar-refractivity contribution in [2.75, 3.05) is 26.1 Å². The Labute approximate surface area is 331 Å². The minimum atomic E-state index is -5.93. The third kappa shape index (κ3) is 8.24. The molecule has 324 valence electrons. The van der Waals surface area contributed by atoms with E-state index in [1.54, 1.807) is 7.05 Å². The maximum Gasteiger partial charge on any atom is 0.490 e. The van der Waals surface area contributed by atoms with E-state index in [0.29, 0.717) is 12.8 Å². The molecule has 0 amide bonds. The predicted molar refractivity (Wildman–Crippen MR) is 193 cm³/mol. The molecule has 4 aliphatic rings. The Balaban J connectivity index is 0.921. The average Bonchev–Trinajstić information content (AvgIpc) is 3.93. The number of fused-ring (bicyclic) bond motifs is 3. The number of nitrogens with two attached hydrogens (primary N) is 1. The number of ether oxygens (including phenoxy) is 5. The summed E-state index contributed by atoms with van der Waals surface area (Å²) >= 11 is 0. The number of hydrogen-bond acceptors (Lipinski definition) is 19. The lowest BCUT2D eigenvalue weighted by Gasteiger charge is -2.33. The standard InChI is InChI=1S/C29H40N9O18P3/c1-13-32-22-16(24(40)33-13)31-11-37(22)26-18(39)19(48-3)14(51-26)9-49-57(42,43)55-59(46,47)56-58(44,45)50-10-15-20-21(54-29(53-20)7-5-4-6-8-29)27(52-15)38-12-36(2)17-23(38)34-28(30)35-25(17)41/h11-12,14-15,18-21,26-27,39H,4-10H2,1-3H3,(H6-,30,32,33,34,35,40,41,42,43,44,45,46,47)/p+1/t14-,15-,18?,19+,20+,21?,26-,27-/m1/s1. The third-order valence-corrected chi connectivity index (χ3v) is 14.5. The number of phosphoric ester groups is 2. The number of aromatic amines is 2. The molecule has 8 rings (SSSR count). The molecule has 30 heteroatoms.